The van der Waals surface area contributed by atoms with Gasteiger partial charge < -0.3 is 24.5 Å². The molecule has 1 atom stereocenters. The molecule has 0 spiro atoms. The van der Waals surface area contributed by atoms with Crippen molar-refractivity contribution < 1.29 is 27.8 Å². The fraction of sp³-hybridized carbons (Fsp3) is 0.625. The van der Waals surface area contributed by atoms with Crippen LogP contribution in [0.2, 0.25) is 0 Å². The molecule has 4 rings (SSSR count). The van der Waals surface area contributed by atoms with Gasteiger partial charge in [0.2, 0.25) is 5.91 Å². The van der Waals surface area contributed by atoms with Crippen molar-refractivity contribution in [3.8, 4) is 11.8 Å². The van der Waals surface area contributed by atoms with Crippen LogP contribution >= 0.6 is 0 Å². The molecule has 2 saturated carbocycles. The van der Waals surface area contributed by atoms with Crippen LogP contribution in [0, 0.1) is 11.6 Å². The lowest BCUT2D eigenvalue weighted by Crippen LogP contribution is -2.38. The minimum Gasteiger partial charge on any atom is -0.487 e. The summed E-state index contributed by atoms with van der Waals surface area (Å²) in [5.74, 6) is -1.41. The van der Waals surface area contributed by atoms with Crippen molar-refractivity contribution in [3.05, 3.63) is 17.7 Å². The molecule has 8 nitrogen and oxygen atoms in total. The third-order valence-electron chi connectivity index (χ3n) is 6.12. The highest BCUT2D eigenvalue weighted by Crippen LogP contribution is 2.35. The first kappa shape index (κ1) is 24.4. The Morgan fingerprint density at radius 2 is 1.85 bits per heavy atom. The quantitative estimate of drug-likeness (QED) is 0.527. The molecule has 0 aliphatic heterocycles. The summed E-state index contributed by atoms with van der Waals surface area (Å²) in [6.07, 6.45) is 6.52. The number of amides is 1. The van der Waals surface area contributed by atoms with Crippen molar-refractivity contribution in [1.29, 1.82) is 0 Å². The Labute approximate surface area is 197 Å². The Morgan fingerprint density at radius 1 is 1.21 bits per heavy atom. The molecule has 2 fully saturated rings. The molecule has 1 aromatic heterocycles. The van der Waals surface area contributed by atoms with Crippen molar-refractivity contribution in [2.75, 3.05) is 13.7 Å². The van der Waals surface area contributed by atoms with Crippen molar-refractivity contribution in [2.45, 2.75) is 76.2 Å². The minimum atomic E-state index is -0.627. The standard InChI is InChI=1S/C24H32F2N4O4/c1-14(28-20(31)10-11-27-2)13-32-15-4-6-17(7-5-15)34-24-29-22-18(25)12-19(33-16-8-9-16)21(26)23(22)30(24)3/h11-12,14-17H,4-10,13H2,1-3H3,(H,28,31)/b27-11+/t14-,15-,17-/m0/s1. The van der Waals surface area contributed by atoms with Crippen LogP contribution in [0.25, 0.3) is 11.0 Å². The average Bonchev–Trinajstić information content (AvgIpc) is 3.57. The number of aliphatic imine (C=N–C) groups is 1. The predicted molar refractivity (Wildman–Crippen MR) is 124 cm³/mol. The van der Waals surface area contributed by atoms with Gasteiger partial charge in [-0.05, 0) is 45.4 Å². The van der Waals surface area contributed by atoms with Crippen molar-refractivity contribution in [1.82, 2.24) is 14.9 Å². The summed E-state index contributed by atoms with van der Waals surface area (Å²) in [6, 6.07) is 1.16. The SMILES string of the molecule is C/N=C/CC(=O)N[C@@H](C)CO[C@H]1CC[C@H](Oc2nc3c(F)cc(OC4CC4)c(F)c3n2C)CC1. The van der Waals surface area contributed by atoms with E-state index in [0.717, 1.165) is 44.6 Å². The number of carbonyl (C=O) groups excluding carboxylic acids is 1. The number of aromatic nitrogens is 2. The number of benzene rings is 1. The number of hydrogen-bond acceptors (Lipinski definition) is 6. The van der Waals surface area contributed by atoms with Crippen LogP contribution in [-0.2, 0) is 16.6 Å². The molecule has 1 N–H and O–H groups in total. The van der Waals surface area contributed by atoms with Gasteiger partial charge in [-0.25, -0.2) is 8.78 Å². The number of ether oxygens (including phenoxy) is 3. The van der Waals surface area contributed by atoms with E-state index in [4.69, 9.17) is 14.2 Å². The maximum atomic E-state index is 15.0. The number of rotatable bonds is 10. The lowest BCUT2D eigenvalue weighted by Gasteiger charge is -2.29. The third-order valence-corrected chi connectivity index (χ3v) is 6.12. The van der Waals surface area contributed by atoms with E-state index in [0.29, 0.717) is 6.61 Å². The van der Waals surface area contributed by atoms with Crippen LogP contribution in [0.15, 0.2) is 11.1 Å². The molecule has 2 aromatic rings. The van der Waals surface area contributed by atoms with Crippen LogP contribution < -0.4 is 14.8 Å². The molecule has 10 heteroatoms. The highest BCUT2D eigenvalue weighted by atomic mass is 19.1. The first-order valence-corrected chi connectivity index (χ1v) is 11.8. The molecule has 1 amide bonds. The van der Waals surface area contributed by atoms with E-state index in [1.54, 1.807) is 20.3 Å². The molecule has 2 aliphatic rings. The minimum absolute atomic E-state index is 0.0394. The molecule has 2 aliphatic carbocycles. The van der Waals surface area contributed by atoms with Gasteiger partial charge in [0.1, 0.15) is 17.1 Å². The van der Waals surface area contributed by atoms with E-state index in [-0.39, 0.29) is 59.5 Å². The lowest BCUT2D eigenvalue weighted by atomic mass is 9.95. The zero-order valence-corrected chi connectivity index (χ0v) is 19.9. The number of aryl methyl sites for hydroxylation is 1. The molecular formula is C24H32F2N4O4. The van der Waals surface area contributed by atoms with Crippen LogP contribution in [-0.4, -0.2) is 59.7 Å². The Balaban J connectivity index is 1.29. The van der Waals surface area contributed by atoms with Gasteiger partial charge in [-0.3, -0.25) is 9.36 Å². The predicted octanol–water partition coefficient (Wildman–Crippen LogP) is 3.69. The summed E-state index contributed by atoms with van der Waals surface area (Å²) >= 11 is 0. The average molecular weight is 479 g/mol. The monoisotopic (exact) mass is 478 g/mol. The molecule has 34 heavy (non-hydrogen) atoms. The largest absolute Gasteiger partial charge is 0.487 e. The summed E-state index contributed by atoms with van der Waals surface area (Å²) in [7, 11) is 3.25. The maximum absolute atomic E-state index is 15.0. The Kier molecular flexibility index (Phi) is 7.65. The van der Waals surface area contributed by atoms with Gasteiger partial charge in [0, 0.05) is 32.4 Å². The second kappa shape index (κ2) is 10.7. The van der Waals surface area contributed by atoms with E-state index in [2.05, 4.69) is 15.3 Å². The van der Waals surface area contributed by atoms with Crippen LogP contribution in [0.5, 0.6) is 11.8 Å². The molecule has 0 unspecified atom stereocenters. The number of hydrogen-bond donors (Lipinski definition) is 1. The fourth-order valence-corrected chi connectivity index (χ4v) is 4.11. The fourth-order valence-electron chi connectivity index (χ4n) is 4.11. The number of imidazole rings is 1. The summed E-state index contributed by atoms with van der Waals surface area (Å²) in [4.78, 5) is 19.8. The maximum Gasteiger partial charge on any atom is 0.297 e. The molecule has 0 radical (unpaired) electrons. The van der Waals surface area contributed by atoms with Crippen LogP contribution in [0.3, 0.4) is 0 Å². The summed E-state index contributed by atoms with van der Waals surface area (Å²) in [5.41, 5.74) is -0.0136. The Bertz CT molecular complexity index is 1050. The van der Waals surface area contributed by atoms with Gasteiger partial charge in [0.25, 0.3) is 6.01 Å². The highest BCUT2D eigenvalue weighted by Gasteiger charge is 2.29. The van der Waals surface area contributed by atoms with Crippen LogP contribution in [0.1, 0.15) is 51.9 Å². The van der Waals surface area contributed by atoms with Gasteiger partial charge in [0.05, 0.1) is 25.2 Å². The Hall–Kier alpha value is -2.75. The van der Waals surface area contributed by atoms with Crippen molar-refractivity contribution >= 4 is 23.2 Å². The van der Waals surface area contributed by atoms with Gasteiger partial charge in [-0.15, -0.1) is 0 Å². The van der Waals surface area contributed by atoms with E-state index in [9.17, 15) is 13.6 Å². The summed E-state index contributed by atoms with van der Waals surface area (Å²) < 4.78 is 48.5. The van der Waals surface area contributed by atoms with Gasteiger partial charge in [-0.2, -0.15) is 4.98 Å². The molecule has 186 valence electrons. The topological polar surface area (TPSA) is 87.0 Å². The first-order valence-electron chi connectivity index (χ1n) is 11.8. The molecule has 0 saturated heterocycles. The summed E-state index contributed by atoms with van der Waals surface area (Å²) in [6.45, 7) is 2.33. The summed E-state index contributed by atoms with van der Waals surface area (Å²) in [5, 5.41) is 2.88. The molecule has 0 bridgehead atoms. The smallest absolute Gasteiger partial charge is 0.297 e. The second-order valence-electron chi connectivity index (χ2n) is 9.10. The van der Waals surface area contributed by atoms with E-state index >= 15 is 0 Å². The highest BCUT2D eigenvalue weighted by molar-refractivity contribution is 5.89. The zero-order valence-electron chi connectivity index (χ0n) is 19.9. The van der Waals surface area contributed by atoms with Gasteiger partial charge >= 0.3 is 0 Å². The zero-order chi connectivity index (χ0) is 24.2. The number of fused-ring (bicyclic) bond motifs is 1. The molecular weight excluding hydrogens is 446 g/mol. The number of nitrogens with one attached hydrogen (secondary N) is 1. The normalized spacial score (nSPS) is 21.7. The number of carbonyl (C=O) groups is 1. The van der Waals surface area contributed by atoms with E-state index in [1.807, 2.05) is 6.92 Å². The van der Waals surface area contributed by atoms with Crippen molar-refractivity contribution in [3.63, 3.8) is 0 Å². The van der Waals surface area contributed by atoms with Gasteiger partial charge in [0.15, 0.2) is 17.4 Å². The van der Waals surface area contributed by atoms with Crippen LogP contribution in [0.4, 0.5) is 8.78 Å². The number of nitrogens with zero attached hydrogens (tertiary/aromatic N) is 3. The first-order chi connectivity index (χ1) is 16.4. The number of halogens is 2. The molecule has 1 aromatic carbocycles. The van der Waals surface area contributed by atoms with E-state index < -0.39 is 11.6 Å². The second-order valence-corrected chi connectivity index (χ2v) is 9.10. The lowest BCUT2D eigenvalue weighted by molar-refractivity contribution is -0.121. The molecule has 1 heterocycles. The van der Waals surface area contributed by atoms with Gasteiger partial charge in [-0.1, -0.05) is 0 Å². The Morgan fingerprint density at radius 3 is 2.53 bits per heavy atom. The van der Waals surface area contributed by atoms with Crippen molar-refractivity contribution in [2.24, 2.45) is 12.0 Å². The van der Waals surface area contributed by atoms with E-state index in [1.165, 1.54) is 4.57 Å². The third kappa shape index (κ3) is 5.84.